The summed E-state index contributed by atoms with van der Waals surface area (Å²) in [5.74, 6) is -0.603. The van der Waals surface area contributed by atoms with Gasteiger partial charge in [-0.2, -0.15) is 0 Å². The van der Waals surface area contributed by atoms with Gasteiger partial charge in [-0.25, -0.2) is 5.43 Å². The van der Waals surface area contributed by atoms with E-state index in [1.165, 1.54) is 5.56 Å². The first-order valence-electron chi connectivity index (χ1n) is 8.60. The molecule has 6 nitrogen and oxygen atoms in total. The van der Waals surface area contributed by atoms with E-state index < -0.39 is 18.1 Å². The molecule has 0 radical (unpaired) electrons. The fourth-order valence-corrected chi connectivity index (χ4v) is 3.49. The second-order valence-electron chi connectivity index (χ2n) is 7.12. The maximum absolute atomic E-state index is 12.6. The second-order valence-corrected chi connectivity index (χ2v) is 7.12. The Morgan fingerprint density at radius 3 is 2.72 bits per heavy atom. The van der Waals surface area contributed by atoms with Gasteiger partial charge in [0.15, 0.2) is 11.9 Å². The molecular formula is C19H25N3O3. The number of ether oxygens (including phenoxy) is 1. The lowest BCUT2D eigenvalue weighted by atomic mass is 9.83. The highest BCUT2D eigenvalue weighted by Crippen LogP contribution is 2.46. The molecule has 2 unspecified atom stereocenters. The van der Waals surface area contributed by atoms with Crippen molar-refractivity contribution in [1.82, 2.24) is 10.9 Å². The topological polar surface area (TPSA) is 70.7 Å². The summed E-state index contributed by atoms with van der Waals surface area (Å²) in [6.07, 6.45) is 1.46. The normalized spacial score (nSPS) is 24.2. The van der Waals surface area contributed by atoms with Crippen LogP contribution in [0.4, 0.5) is 5.69 Å². The Labute approximate surface area is 148 Å². The number of nitrogens with one attached hydrogen (secondary N) is 2. The number of hydrogen-bond acceptors (Lipinski definition) is 6. The Bertz CT molecular complexity index is 720. The van der Waals surface area contributed by atoms with Crippen LogP contribution in [-0.2, 0) is 19.7 Å². The summed E-state index contributed by atoms with van der Waals surface area (Å²) in [4.78, 5) is 26.7. The summed E-state index contributed by atoms with van der Waals surface area (Å²) >= 11 is 0. The average molecular weight is 343 g/mol. The number of esters is 1. The first-order chi connectivity index (χ1) is 11.8. The van der Waals surface area contributed by atoms with Crippen LogP contribution in [0.2, 0.25) is 0 Å². The molecule has 2 atom stereocenters. The Hall–Kier alpha value is -2.18. The number of anilines is 1. The minimum Gasteiger partial charge on any atom is -0.453 e. The van der Waals surface area contributed by atoms with Crippen LogP contribution >= 0.6 is 0 Å². The molecule has 1 fully saturated rings. The van der Waals surface area contributed by atoms with Gasteiger partial charge in [-0.05, 0) is 25.0 Å². The van der Waals surface area contributed by atoms with Crippen molar-refractivity contribution < 1.29 is 14.3 Å². The largest absolute Gasteiger partial charge is 0.453 e. The van der Waals surface area contributed by atoms with Crippen LogP contribution in [0.25, 0.3) is 0 Å². The highest BCUT2D eigenvalue weighted by atomic mass is 16.5. The van der Waals surface area contributed by atoms with Gasteiger partial charge in [-0.1, -0.05) is 32.0 Å². The van der Waals surface area contributed by atoms with Crippen molar-refractivity contribution in [2.24, 2.45) is 0 Å². The van der Waals surface area contributed by atoms with E-state index in [0.717, 1.165) is 11.4 Å². The monoisotopic (exact) mass is 343 g/mol. The van der Waals surface area contributed by atoms with E-state index in [9.17, 15) is 9.59 Å². The summed E-state index contributed by atoms with van der Waals surface area (Å²) < 4.78 is 5.33. The van der Waals surface area contributed by atoms with E-state index in [0.29, 0.717) is 13.0 Å². The predicted molar refractivity (Wildman–Crippen MR) is 96.1 cm³/mol. The molecule has 2 aliphatic heterocycles. The lowest BCUT2D eigenvalue weighted by molar-refractivity contribution is -0.154. The Balaban J connectivity index is 1.76. The van der Waals surface area contributed by atoms with Crippen LogP contribution in [-0.4, -0.2) is 37.5 Å². The van der Waals surface area contributed by atoms with E-state index in [-0.39, 0.29) is 11.2 Å². The number of hydrazine groups is 1. The van der Waals surface area contributed by atoms with Crippen LogP contribution in [0.1, 0.15) is 32.8 Å². The number of hydrogen-bond donors (Lipinski definition) is 2. The van der Waals surface area contributed by atoms with Gasteiger partial charge in [0, 0.05) is 36.5 Å². The molecule has 6 heteroatoms. The van der Waals surface area contributed by atoms with Gasteiger partial charge in [0.05, 0.1) is 0 Å². The predicted octanol–water partition coefficient (Wildman–Crippen LogP) is 1.67. The average Bonchev–Trinajstić information content (AvgIpc) is 3.18. The van der Waals surface area contributed by atoms with Crippen molar-refractivity contribution in [2.75, 3.05) is 18.5 Å². The van der Waals surface area contributed by atoms with Crippen molar-refractivity contribution in [1.29, 1.82) is 0 Å². The SMILES string of the molecule is CC(OC(=O)C1CCNN1)C(=O)/C=C1/N(C)c2ccccc2C1(C)C. The maximum atomic E-state index is 12.6. The van der Waals surface area contributed by atoms with E-state index in [1.807, 2.05) is 30.1 Å². The maximum Gasteiger partial charge on any atom is 0.325 e. The molecule has 134 valence electrons. The first-order valence-corrected chi connectivity index (χ1v) is 8.60. The standard InChI is InChI=1S/C19H25N3O3/c1-12(25-18(24)14-9-10-20-21-14)16(23)11-17-19(2,3)13-7-5-6-8-15(13)22(17)4/h5-8,11-12,14,20-21H,9-10H2,1-4H3/b17-11+. The Morgan fingerprint density at radius 2 is 2.08 bits per heavy atom. The summed E-state index contributed by atoms with van der Waals surface area (Å²) in [7, 11) is 1.96. The van der Waals surface area contributed by atoms with Crippen molar-refractivity contribution in [3.63, 3.8) is 0 Å². The number of allylic oxidation sites excluding steroid dienone is 1. The van der Waals surface area contributed by atoms with E-state index in [1.54, 1.807) is 13.0 Å². The smallest absolute Gasteiger partial charge is 0.325 e. The highest BCUT2D eigenvalue weighted by Gasteiger charge is 2.39. The molecule has 1 aromatic carbocycles. The molecule has 2 aliphatic rings. The zero-order valence-corrected chi connectivity index (χ0v) is 15.1. The third-order valence-electron chi connectivity index (χ3n) is 5.03. The number of ketones is 1. The van der Waals surface area contributed by atoms with Crippen LogP contribution in [0, 0.1) is 0 Å². The number of nitrogens with zero attached hydrogens (tertiary/aromatic N) is 1. The number of benzene rings is 1. The quantitative estimate of drug-likeness (QED) is 0.640. The number of para-hydroxylation sites is 1. The molecular weight excluding hydrogens is 318 g/mol. The molecule has 3 rings (SSSR count). The van der Waals surface area contributed by atoms with Gasteiger partial charge >= 0.3 is 5.97 Å². The summed E-state index contributed by atoms with van der Waals surface area (Å²) in [6.45, 7) is 6.52. The molecule has 0 amide bonds. The molecule has 25 heavy (non-hydrogen) atoms. The fourth-order valence-electron chi connectivity index (χ4n) is 3.49. The molecule has 0 spiro atoms. The zero-order chi connectivity index (χ0) is 18.2. The molecule has 1 saturated heterocycles. The van der Waals surface area contributed by atoms with Crippen LogP contribution in [0.15, 0.2) is 36.0 Å². The molecule has 2 heterocycles. The van der Waals surface area contributed by atoms with Crippen molar-refractivity contribution >= 4 is 17.4 Å². The Morgan fingerprint density at radius 1 is 1.36 bits per heavy atom. The van der Waals surface area contributed by atoms with Gasteiger partial charge in [-0.15, -0.1) is 0 Å². The van der Waals surface area contributed by atoms with Gasteiger partial charge in [-0.3, -0.25) is 15.0 Å². The van der Waals surface area contributed by atoms with Gasteiger partial charge < -0.3 is 9.64 Å². The summed E-state index contributed by atoms with van der Waals surface area (Å²) in [5.41, 5.74) is 8.64. The molecule has 0 aromatic heterocycles. The number of carbonyl (C=O) groups is 2. The lowest BCUT2D eigenvalue weighted by Gasteiger charge is -2.24. The van der Waals surface area contributed by atoms with Crippen molar-refractivity contribution in [3.05, 3.63) is 41.6 Å². The molecule has 0 saturated carbocycles. The van der Waals surface area contributed by atoms with Crippen LogP contribution in [0.3, 0.4) is 0 Å². The summed E-state index contributed by atoms with van der Waals surface area (Å²) in [6, 6.07) is 7.73. The Kier molecular flexibility index (Phi) is 4.67. The van der Waals surface area contributed by atoms with E-state index in [4.69, 9.17) is 4.74 Å². The van der Waals surface area contributed by atoms with Crippen molar-refractivity contribution in [3.8, 4) is 0 Å². The molecule has 0 bridgehead atoms. The number of rotatable bonds is 4. The van der Waals surface area contributed by atoms with Crippen LogP contribution in [0.5, 0.6) is 0 Å². The van der Waals surface area contributed by atoms with E-state index >= 15 is 0 Å². The third-order valence-corrected chi connectivity index (χ3v) is 5.03. The molecule has 0 aliphatic carbocycles. The van der Waals surface area contributed by atoms with Crippen LogP contribution < -0.4 is 15.8 Å². The molecule has 2 N–H and O–H groups in total. The minimum atomic E-state index is -0.810. The van der Waals surface area contributed by atoms with Gasteiger partial charge in [0.25, 0.3) is 0 Å². The van der Waals surface area contributed by atoms with Gasteiger partial charge in [0.2, 0.25) is 0 Å². The first kappa shape index (κ1) is 17.6. The number of fused-ring (bicyclic) bond motifs is 1. The zero-order valence-electron chi connectivity index (χ0n) is 15.1. The lowest BCUT2D eigenvalue weighted by Crippen LogP contribution is -2.39. The number of likely N-dealkylation sites (N-methyl/N-ethyl adjacent to an activating group) is 1. The van der Waals surface area contributed by atoms with Gasteiger partial charge in [0.1, 0.15) is 6.04 Å². The minimum absolute atomic E-state index is 0.206. The highest BCUT2D eigenvalue weighted by molar-refractivity contribution is 5.97. The number of carbonyl (C=O) groups excluding carboxylic acids is 2. The van der Waals surface area contributed by atoms with Crippen molar-refractivity contribution in [2.45, 2.75) is 44.8 Å². The molecule has 1 aromatic rings. The summed E-state index contributed by atoms with van der Waals surface area (Å²) in [5, 5.41) is 0. The third kappa shape index (κ3) is 3.19. The van der Waals surface area contributed by atoms with E-state index in [2.05, 4.69) is 30.8 Å². The fraction of sp³-hybridized carbons (Fsp3) is 0.474. The second kappa shape index (κ2) is 6.61.